The molecule has 2 aromatic rings. The Labute approximate surface area is 214 Å². The summed E-state index contributed by atoms with van der Waals surface area (Å²) < 4.78 is 26.4. The minimum absolute atomic E-state index is 0.0655. The molecule has 36 heavy (non-hydrogen) atoms. The van der Waals surface area contributed by atoms with Crippen LogP contribution in [0.2, 0.25) is 0 Å². The Bertz CT molecular complexity index is 1200. The van der Waals surface area contributed by atoms with Gasteiger partial charge < -0.3 is 10.2 Å². The van der Waals surface area contributed by atoms with Gasteiger partial charge in [0.15, 0.2) is 5.78 Å². The lowest BCUT2D eigenvalue weighted by atomic mass is 10.1. The second-order valence-corrected chi connectivity index (χ2v) is 11.0. The summed E-state index contributed by atoms with van der Waals surface area (Å²) in [7, 11) is -3.87. The molecule has 0 aromatic heterocycles. The fourth-order valence-corrected chi connectivity index (χ4v) is 4.70. The summed E-state index contributed by atoms with van der Waals surface area (Å²) in [6.45, 7) is 8.65. The van der Waals surface area contributed by atoms with E-state index in [2.05, 4.69) is 5.32 Å². The monoisotopic (exact) mass is 515 g/mol. The van der Waals surface area contributed by atoms with E-state index in [1.54, 1.807) is 18.2 Å². The molecule has 9 heteroatoms. The van der Waals surface area contributed by atoms with E-state index in [1.165, 1.54) is 17.9 Å². The van der Waals surface area contributed by atoms with Crippen molar-refractivity contribution in [2.45, 2.75) is 66.1 Å². The van der Waals surface area contributed by atoms with E-state index in [0.29, 0.717) is 12.0 Å². The molecule has 2 aromatic carbocycles. The highest BCUT2D eigenvalue weighted by molar-refractivity contribution is 7.92. The average Bonchev–Trinajstić information content (AvgIpc) is 2.81. The van der Waals surface area contributed by atoms with Crippen molar-refractivity contribution in [3.8, 4) is 0 Å². The number of nitrogens with zero attached hydrogens (tertiary/aromatic N) is 2. The maximum atomic E-state index is 13.7. The van der Waals surface area contributed by atoms with Gasteiger partial charge in [0, 0.05) is 18.2 Å². The molecular weight excluding hydrogens is 478 g/mol. The topological polar surface area (TPSA) is 104 Å². The van der Waals surface area contributed by atoms with Crippen LogP contribution >= 0.6 is 0 Å². The van der Waals surface area contributed by atoms with E-state index in [9.17, 15) is 22.8 Å². The van der Waals surface area contributed by atoms with Crippen LogP contribution in [0.15, 0.2) is 48.5 Å². The fraction of sp³-hybridized carbons (Fsp3) is 0.444. The SMILES string of the molecule is CC[C@@H](C)NC(=O)[C@H](CC)N(Cc1cccc(C)c1)C(=O)CN(c1cccc(C(C)=O)c1)S(C)(=O)=O. The summed E-state index contributed by atoms with van der Waals surface area (Å²) in [6, 6.07) is 12.9. The third-order valence-electron chi connectivity index (χ3n) is 6.04. The molecule has 196 valence electrons. The molecule has 0 fully saturated rings. The van der Waals surface area contributed by atoms with Crippen molar-refractivity contribution < 1.29 is 22.8 Å². The molecule has 1 N–H and O–H groups in total. The number of nitrogens with one attached hydrogen (secondary N) is 1. The lowest BCUT2D eigenvalue weighted by Crippen LogP contribution is -2.53. The van der Waals surface area contributed by atoms with Gasteiger partial charge >= 0.3 is 0 Å². The number of hydrogen-bond acceptors (Lipinski definition) is 5. The van der Waals surface area contributed by atoms with Gasteiger partial charge in [0.25, 0.3) is 0 Å². The molecule has 0 aliphatic heterocycles. The van der Waals surface area contributed by atoms with Crippen LogP contribution in [-0.2, 0) is 26.2 Å². The second kappa shape index (κ2) is 12.7. The molecule has 8 nitrogen and oxygen atoms in total. The average molecular weight is 516 g/mol. The number of amides is 2. The molecule has 0 aliphatic carbocycles. The zero-order chi connectivity index (χ0) is 27.0. The van der Waals surface area contributed by atoms with Crippen molar-refractivity contribution in [3.05, 3.63) is 65.2 Å². The Balaban J connectivity index is 2.48. The van der Waals surface area contributed by atoms with Crippen LogP contribution in [0.3, 0.4) is 0 Å². The molecule has 0 heterocycles. The van der Waals surface area contributed by atoms with Crippen LogP contribution in [0, 0.1) is 6.92 Å². The molecule has 0 spiro atoms. The Kier molecular flexibility index (Phi) is 10.2. The van der Waals surface area contributed by atoms with Crippen molar-refractivity contribution in [2.24, 2.45) is 0 Å². The quantitative estimate of drug-likeness (QED) is 0.434. The zero-order valence-corrected chi connectivity index (χ0v) is 22.8. The molecule has 0 unspecified atom stereocenters. The summed E-state index contributed by atoms with van der Waals surface area (Å²) in [5, 5.41) is 2.95. The van der Waals surface area contributed by atoms with Gasteiger partial charge in [-0.25, -0.2) is 8.42 Å². The number of Topliss-reactive ketones (excluding diaryl/α,β-unsaturated/α-hetero) is 1. The minimum atomic E-state index is -3.87. The van der Waals surface area contributed by atoms with Gasteiger partial charge in [-0.3, -0.25) is 18.7 Å². The summed E-state index contributed by atoms with van der Waals surface area (Å²) in [5.41, 5.74) is 2.40. The van der Waals surface area contributed by atoms with Crippen LogP contribution < -0.4 is 9.62 Å². The van der Waals surface area contributed by atoms with Gasteiger partial charge in [-0.15, -0.1) is 0 Å². The standard InChI is InChI=1S/C27H37N3O5S/c1-7-20(4)28-27(33)25(8-2)29(17-22-12-9-11-19(3)15-22)26(32)18-30(36(6,34)35)24-14-10-13-23(16-24)21(5)31/h9-16,20,25H,7-8,17-18H2,1-6H3,(H,28,33)/t20-,25+/m1/s1. The first-order valence-electron chi connectivity index (χ1n) is 12.1. The molecule has 2 atom stereocenters. The number of carbonyl (C=O) groups excluding carboxylic acids is 3. The Morgan fingerprint density at radius 3 is 2.22 bits per heavy atom. The van der Waals surface area contributed by atoms with Crippen LogP contribution in [0.25, 0.3) is 0 Å². The molecule has 0 aliphatic rings. The largest absolute Gasteiger partial charge is 0.352 e. The lowest BCUT2D eigenvalue weighted by molar-refractivity contribution is -0.140. The van der Waals surface area contributed by atoms with Gasteiger partial charge in [-0.2, -0.15) is 0 Å². The van der Waals surface area contributed by atoms with Gasteiger partial charge in [-0.05, 0) is 51.3 Å². The number of ketones is 1. The molecule has 0 bridgehead atoms. The third kappa shape index (κ3) is 7.91. The molecule has 2 amide bonds. The molecule has 0 saturated heterocycles. The summed E-state index contributed by atoms with van der Waals surface area (Å²) in [4.78, 5) is 40.2. The van der Waals surface area contributed by atoms with Crippen LogP contribution in [0.5, 0.6) is 0 Å². The molecule has 0 saturated carbocycles. The van der Waals surface area contributed by atoms with Gasteiger partial charge in [0.05, 0.1) is 11.9 Å². The van der Waals surface area contributed by atoms with Crippen LogP contribution in [0.4, 0.5) is 5.69 Å². The molecular formula is C27H37N3O5S. The van der Waals surface area contributed by atoms with E-state index in [-0.39, 0.29) is 30.0 Å². The maximum absolute atomic E-state index is 13.7. The highest BCUT2D eigenvalue weighted by atomic mass is 32.2. The van der Waals surface area contributed by atoms with Gasteiger partial charge in [0.1, 0.15) is 12.6 Å². The zero-order valence-electron chi connectivity index (χ0n) is 21.9. The van der Waals surface area contributed by atoms with E-state index in [1.807, 2.05) is 52.0 Å². The van der Waals surface area contributed by atoms with E-state index in [0.717, 1.165) is 28.1 Å². The summed E-state index contributed by atoms with van der Waals surface area (Å²) in [6.07, 6.45) is 2.11. The van der Waals surface area contributed by atoms with Gasteiger partial charge in [0.2, 0.25) is 21.8 Å². The number of hydrogen-bond donors (Lipinski definition) is 1. The normalized spacial score (nSPS) is 12.9. The summed E-state index contributed by atoms with van der Waals surface area (Å²) >= 11 is 0. The Hall–Kier alpha value is -3.20. The van der Waals surface area contributed by atoms with Crippen molar-refractivity contribution >= 4 is 33.3 Å². The minimum Gasteiger partial charge on any atom is -0.352 e. The smallest absolute Gasteiger partial charge is 0.244 e. The summed E-state index contributed by atoms with van der Waals surface area (Å²) in [5.74, 6) is -1.01. The van der Waals surface area contributed by atoms with Crippen molar-refractivity contribution in [3.63, 3.8) is 0 Å². The maximum Gasteiger partial charge on any atom is 0.244 e. The predicted molar refractivity (Wildman–Crippen MR) is 142 cm³/mol. The fourth-order valence-electron chi connectivity index (χ4n) is 3.86. The lowest BCUT2D eigenvalue weighted by Gasteiger charge is -2.33. The van der Waals surface area contributed by atoms with Crippen LogP contribution in [-0.4, -0.2) is 55.8 Å². The number of benzene rings is 2. The Morgan fingerprint density at radius 1 is 1.00 bits per heavy atom. The number of anilines is 1. The molecule has 2 rings (SSSR count). The van der Waals surface area contributed by atoms with E-state index < -0.39 is 28.5 Å². The first-order valence-corrected chi connectivity index (χ1v) is 14.0. The number of sulfonamides is 1. The highest BCUT2D eigenvalue weighted by Gasteiger charge is 2.32. The number of carbonyl (C=O) groups is 3. The van der Waals surface area contributed by atoms with E-state index >= 15 is 0 Å². The van der Waals surface area contributed by atoms with Crippen molar-refractivity contribution in [1.29, 1.82) is 0 Å². The molecule has 0 radical (unpaired) electrons. The van der Waals surface area contributed by atoms with Crippen LogP contribution in [0.1, 0.15) is 62.0 Å². The predicted octanol–water partition coefficient (Wildman–Crippen LogP) is 3.69. The first-order chi connectivity index (χ1) is 16.9. The van der Waals surface area contributed by atoms with E-state index in [4.69, 9.17) is 0 Å². The van der Waals surface area contributed by atoms with Crippen molar-refractivity contribution in [2.75, 3.05) is 17.1 Å². The second-order valence-electron chi connectivity index (χ2n) is 9.13. The van der Waals surface area contributed by atoms with Gasteiger partial charge in [-0.1, -0.05) is 55.8 Å². The number of aryl methyl sites for hydroxylation is 1. The number of rotatable bonds is 12. The Morgan fingerprint density at radius 2 is 1.67 bits per heavy atom. The highest BCUT2D eigenvalue weighted by Crippen LogP contribution is 2.21. The third-order valence-corrected chi connectivity index (χ3v) is 7.18. The first kappa shape index (κ1) is 29.0. The van der Waals surface area contributed by atoms with Crippen molar-refractivity contribution in [1.82, 2.24) is 10.2 Å².